The summed E-state index contributed by atoms with van der Waals surface area (Å²) in [5, 5.41) is 0. The van der Waals surface area contributed by atoms with Gasteiger partial charge in [-0.25, -0.2) is 15.0 Å². The second-order valence-electron chi connectivity index (χ2n) is 3.69. The molecule has 1 aliphatic rings. The molecule has 1 aliphatic heterocycles. The summed E-state index contributed by atoms with van der Waals surface area (Å²) in [5.74, 6) is 1.73. The predicted octanol–water partition coefficient (Wildman–Crippen LogP) is 1.99. The van der Waals surface area contributed by atoms with Crippen LogP contribution in [0.15, 0.2) is 9.41 Å². The average Bonchev–Trinajstić information content (AvgIpc) is 2.97. The van der Waals surface area contributed by atoms with E-state index in [0.29, 0.717) is 30.7 Å². The van der Waals surface area contributed by atoms with Crippen molar-refractivity contribution in [2.24, 2.45) is 4.99 Å². The van der Waals surface area contributed by atoms with Crippen molar-refractivity contribution in [1.82, 2.24) is 9.97 Å². The van der Waals surface area contributed by atoms with E-state index in [2.05, 4.69) is 20.5 Å². The van der Waals surface area contributed by atoms with Crippen LogP contribution in [0.3, 0.4) is 0 Å². The van der Waals surface area contributed by atoms with E-state index in [-0.39, 0.29) is 0 Å². The largest absolute Gasteiger partial charge is 0.473 e. The minimum Gasteiger partial charge on any atom is -0.473 e. The quantitative estimate of drug-likeness (QED) is 0.815. The number of ether oxygens (including phenoxy) is 1. The summed E-state index contributed by atoms with van der Waals surface area (Å²) >= 11 is 1.39. The molecule has 2 aromatic heterocycles. The van der Waals surface area contributed by atoms with Gasteiger partial charge in [-0.3, -0.25) is 0 Å². The third-order valence-corrected chi connectivity index (χ3v) is 3.32. The molecule has 2 aromatic rings. The molecule has 0 fully saturated rings. The van der Waals surface area contributed by atoms with Crippen LogP contribution < -0.4 is 0 Å². The molecule has 87 valence electrons. The van der Waals surface area contributed by atoms with Crippen LogP contribution >= 0.6 is 11.3 Å². The molecule has 0 aromatic carbocycles. The number of nitrogens with zero attached hydrogens (tertiary/aromatic N) is 3. The van der Waals surface area contributed by atoms with E-state index in [4.69, 9.17) is 9.15 Å². The van der Waals surface area contributed by atoms with Gasteiger partial charge < -0.3 is 9.15 Å². The van der Waals surface area contributed by atoms with Crippen LogP contribution in [0, 0.1) is 19.4 Å². The van der Waals surface area contributed by atoms with Crippen LogP contribution in [-0.4, -0.2) is 29.0 Å². The third kappa shape index (κ3) is 1.74. The number of hydrogen-bond acceptors (Lipinski definition) is 6. The summed E-state index contributed by atoms with van der Waals surface area (Å²) in [7, 11) is 0. The Morgan fingerprint density at radius 1 is 1.29 bits per heavy atom. The summed E-state index contributed by atoms with van der Waals surface area (Å²) in [6.45, 7) is 5.08. The van der Waals surface area contributed by atoms with Crippen molar-refractivity contribution in [3.8, 4) is 10.8 Å². The van der Waals surface area contributed by atoms with Gasteiger partial charge in [0.25, 0.3) is 5.90 Å². The number of oxazole rings is 1. The van der Waals surface area contributed by atoms with Crippen LogP contribution in [0.2, 0.25) is 0 Å². The van der Waals surface area contributed by atoms with Crippen LogP contribution in [0.1, 0.15) is 17.1 Å². The van der Waals surface area contributed by atoms with Crippen molar-refractivity contribution in [3.63, 3.8) is 0 Å². The normalized spacial score (nSPS) is 14.8. The Kier molecular flexibility index (Phi) is 2.44. The van der Waals surface area contributed by atoms with E-state index in [9.17, 15) is 0 Å². The minimum atomic E-state index is 0.549. The smallest absolute Gasteiger partial charge is 0.255 e. The van der Waals surface area contributed by atoms with Gasteiger partial charge in [-0.1, -0.05) is 0 Å². The lowest BCUT2D eigenvalue weighted by molar-refractivity contribution is 0.339. The molecule has 0 atom stereocenters. The molecule has 0 N–H and O–H groups in total. The maximum absolute atomic E-state index is 5.71. The second kappa shape index (κ2) is 3.96. The first-order valence-electron chi connectivity index (χ1n) is 5.24. The molecule has 0 saturated heterocycles. The van der Waals surface area contributed by atoms with Crippen molar-refractivity contribution >= 4 is 17.2 Å². The van der Waals surface area contributed by atoms with Crippen molar-refractivity contribution < 1.29 is 9.15 Å². The first kappa shape index (κ1) is 10.5. The summed E-state index contributed by atoms with van der Waals surface area (Å²) in [4.78, 5) is 13.6. The lowest BCUT2D eigenvalue weighted by Gasteiger charge is -1.96. The Hall–Kier alpha value is -1.69. The lowest BCUT2D eigenvalue weighted by atomic mass is 10.4. The number of hydrogen-bond donors (Lipinski definition) is 0. The molecule has 0 amide bonds. The van der Waals surface area contributed by atoms with E-state index in [1.54, 1.807) is 0 Å². The maximum Gasteiger partial charge on any atom is 0.255 e. The molecule has 17 heavy (non-hydrogen) atoms. The Labute approximate surface area is 102 Å². The fraction of sp³-hybridized carbons (Fsp3) is 0.364. The topological polar surface area (TPSA) is 60.5 Å². The van der Waals surface area contributed by atoms with Gasteiger partial charge in [-0.05, 0) is 13.8 Å². The molecule has 0 aliphatic carbocycles. The van der Waals surface area contributed by atoms with Gasteiger partial charge in [0, 0.05) is 0 Å². The molecule has 3 rings (SSSR count). The summed E-state index contributed by atoms with van der Waals surface area (Å²) < 4.78 is 11.1. The highest BCUT2D eigenvalue weighted by atomic mass is 32.1. The summed E-state index contributed by atoms with van der Waals surface area (Å²) in [6, 6.07) is 0. The third-order valence-electron chi connectivity index (χ3n) is 2.46. The van der Waals surface area contributed by atoms with Gasteiger partial charge in [0.1, 0.15) is 11.5 Å². The average molecular weight is 248 g/mol. The molecule has 1 radical (unpaired) electrons. The Morgan fingerprint density at radius 2 is 2.18 bits per heavy atom. The predicted molar refractivity (Wildman–Crippen MR) is 63.3 cm³/mol. The first-order valence-corrected chi connectivity index (χ1v) is 6.06. The maximum atomic E-state index is 5.71. The lowest BCUT2D eigenvalue weighted by Crippen LogP contribution is -2.01. The Morgan fingerprint density at radius 3 is 2.82 bits per heavy atom. The van der Waals surface area contributed by atoms with Gasteiger partial charge in [0.05, 0.1) is 17.9 Å². The highest BCUT2D eigenvalue weighted by Gasteiger charge is 2.21. The minimum absolute atomic E-state index is 0.549. The molecule has 5 nitrogen and oxygen atoms in total. The fourth-order valence-electron chi connectivity index (χ4n) is 1.62. The molecule has 0 bridgehead atoms. The zero-order valence-electron chi connectivity index (χ0n) is 9.48. The number of aryl methyl sites for hydroxylation is 2. The highest BCUT2D eigenvalue weighted by molar-refractivity contribution is 7.12. The van der Waals surface area contributed by atoms with Gasteiger partial charge in [-0.2, -0.15) is 0 Å². The van der Waals surface area contributed by atoms with Gasteiger partial charge in [0.15, 0.2) is 5.51 Å². The van der Waals surface area contributed by atoms with Crippen molar-refractivity contribution in [1.29, 1.82) is 0 Å². The monoisotopic (exact) mass is 248 g/mol. The van der Waals surface area contributed by atoms with Crippen LogP contribution in [-0.2, 0) is 4.74 Å². The standard InChI is InChI=1S/C11H10N3O2S/c1-6-8(10-12-3-4-15-10)16-11(14-6)9-7(2)13-5-17-9/h3-4H2,1-2H3. The molecule has 3 heterocycles. The molecular formula is C11H10N3O2S. The Balaban J connectivity index is 2.04. The fourth-order valence-corrected chi connectivity index (χ4v) is 2.27. The number of thiazole rings is 1. The summed E-state index contributed by atoms with van der Waals surface area (Å²) in [5.41, 5.74) is 4.48. The highest BCUT2D eigenvalue weighted by Crippen LogP contribution is 2.28. The van der Waals surface area contributed by atoms with Gasteiger partial charge >= 0.3 is 0 Å². The van der Waals surface area contributed by atoms with E-state index in [1.165, 1.54) is 11.3 Å². The van der Waals surface area contributed by atoms with Crippen LogP contribution in [0.25, 0.3) is 10.8 Å². The zero-order valence-corrected chi connectivity index (χ0v) is 10.3. The van der Waals surface area contributed by atoms with Crippen LogP contribution in [0.4, 0.5) is 0 Å². The van der Waals surface area contributed by atoms with E-state index in [0.717, 1.165) is 16.3 Å². The van der Waals surface area contributed by atoms with E-state index >= 15 is 0 Å². The molecule has 0 unspecified atom stereocenters. The molecule has 0 saturated carbocycles. The molecular weight excluding hydrogens is 238 g/mol. The molecule has 0 spiro atoms. The second-order valence-corrected chi connectivity index (χ2v) is 4.48. The number of aliphatic imine (C=N–C) groups is 1. The van der Waals surface area contributed by atoms with Gasteiger partial charge in [0.2, 0.25) is 11.7 Å². The number of rotatable bonds is 2. The first-order chi connectivity index (χ1) is 8.25. The summed E-state index contributed by atoms with van der Waals surface area (Å²) in [6.07, 6.45) is 0. The van der Waals surface area contributed by atoms with Crippen molar-refractivity contribution in [2.45, 2.75) is 13.8 Å². The van der Waals surface area contributed by atoms with E-state index in [1.807, 2.05) is 13.8 Å². The van der Waals surface area contributed by atoms with Crippen molar-refractivity contribution in [2.75, 3.05) is 13.2 Å². The zero-order chi connectivity index (χ0) is 11.8. The Bertz CT molecular complexity index is 585. The molecule has 6 heteroatoms. The van der Waals surface area contributed by atoms with Crippen molar-refractivity contribution in [3.05, 3.63) is 22.7 Å². The number of aromatic nitrogens is 2. The SMILES string of the molecule is Cc1nc(-c2s[c]nc2C)oc1C1=NCCO1. The van der Waals surface area contributed by atoms with E-state index < -0.39 is 0 Å². The van der Waals surface area contributed by atoms with Crippen LogP contribution in [0.5, 0.6) is 0 Å². The van der Waals surface area contributed by atoms with Gasteiger partial charge in [-0.15, -0.1) is 11.3 Å².